The molecule has 0 spiro atoms. The van der Waals surface area contributed by atoms with E-state index in [-0.39, 0.29) is 11.5 Å². The molecule has 0 bridgehead atoms. The van der Waals surface area contributed by atoms with Crippen molar-refractivity contribution in [3.05, 3.63) is 69.1 Å². The van der Waals surface area contributed by atoms with E-state index >= 15 is 0 Å². The number of carbonyl (C=O) groups is 1. The van der Waals surface area contributed by atoms with E-state index in [1.165, 1.54) is 6.07 Å². The standard InChI is InChI=1S/C17H19NO3/c1-4-21-17(20)16-12(2)10-15(19)18(13(16)3)11-14-8-6-5-7-9-14/h5-10H,4,11H2,1-3H3. The fourth-order valence-corrected chi connectivity index (χ4v) is 2.40. The van der Waals surface area contributed by atoms with Crippen molar-refractivity contribution < 1.29 is 9.53 Å². The molecule has 1 aromatic carbocycles. The van der Waals surface area contributed by atoms with E-state index in [1.807, 2.05) is 30.3 Å². The molecular weight excluding hydrogens is 266 g/mol. The van der Waals surface area contributed by atoms with Crippen molar-refractivity contribution >= 4 is 5.97 Å². The van der Waals surface area contributed by atoms with Crippen molar-refractivity contribution in [2.75, 3.05) is 6.61 Å². The summed E-state index contributed by atoms with van der Waals surface area (Å²) in [6, 6.07) is 11.2. The second kappa shape index (κ2) is 6.39. The van der Waals surface area contributed by atoms with E-state index in [0.717, 1.165) is 5.56 Å². The van der Waals surface area contributed by atoms with Crippen LogP contribution in [0, 0.1) is 13.8 Å². The van der Waals surface area contributed by atoms with Crippen LogP contribution < -0.4 is 5.56 Å². The maximum absolute atomic E-state index is 12.2. The second-order valence-electron chi connectivity index (χ2n) is 4.92. The third-order valence-corrected chi connectivity index (χ3v) is 3.43. The number of benzene rings is 1. The Balaban J connectivity index is 2.49. The minimum Gasteiger partial charge on any atom is -0.462 e. The minimum absolute atomic E-state index is 0.109. The highest BCUT2D eigenvalue weighted by atomic mass is 16.5. The molecule has 0 fully saturated rings. The number of pyridine rings is 1. The number of ether oxygens (including phenoxy) is 1. The highest BCUT2D eigenvalue weighted by Gasteiger charge is 2.17. The van der Waals surface area contributed by atoms with E-state index in [0.29, 0.717) is 30.0 Å². The predicted octanol–water partition coefficient (Wildman–Crippen LogP) is 2.69. The maximum Gasteiger partial charge on any atom is 0.340 e. The lowest BCUT2D eigenvalue weighted by Crippen LogP contribution is -2.26. The number of aromatic nitrogens is 1. The first-order chi connectivity index (χ1) is 10.0. The van der Waals surface area contributed by atoms with Crippen LogP contribution in [0.25, 0.3) is 0 Å². The Kier molecular flexibility index (Phi) is 4.58. The first kappa shape index (κ1) is 15.0. The first-order valence-corrected chi connectivity index (χ1v) is 6.96. The highest BCUT2D eigenvalue weighted by molar-refractivity contribution is 5.92. The smallest absolute Gasteiger partial charge is 0.340 e. The maximum atomic E-state index is 12.2. The second-order valence-corrected chi connectivity index (χ2v) is 4.92. The van der Waals surface area contributed by atoms with Gasteiger partial charge >= 0.3 is 5.97 Å². The first-order valence-electron chi connectivity index (χ1n) is 6.96. The van der Waals surface area contributed by atoms with Gasteiger partial charge in [-0.3, -0.25) is 4.79 Å². The molecule has 0 amide bonds. The lowest BCUT2D eigenvalue weighted by atomic mass is 10.1. The fraction of sp³-hybridized carbons (Fsp3) is 0.294. The topological polar surface area (TPSA) is 48.3 Å². The van der Waals surface area contributed by atoms with Gasteiger partial charge in [0.15, 0.2) is 0 Å². The number of aryl methyl sites for hydroxylation is 1. The van der Waals surface area contributed by atoms with E-state index in [4.69, 9.17) is 4.74 Å². The molecule has 1 heterocycles. The largest absolute Gasteiger partial charge is 0.462 e. The molecule has 0 aliphatic carbocycles. The number of hydrogen-bond donors (Lipinski definition) is 0. The molecule has 0 aliphatic rings. The van der Waals surface area contributed by atoms with Gasteiger partial charge in [0.1, 0.15) is 0 Å². The Hall–Kier alpha value is -2.36. The number of esters is 1. The van der Waals surface area contributed by atoms with Gasteiger partial charge in [-0.1, -0.05) is 30.3 Å². The third kappa shape index (κ3) is 3.21. The predicted molar refractivity (Wildman–Crippen MR) is 81.7 cm³/mol. The molecule has 0 radical (unpaired) electrons. The summed E-state index contributed by atoms with van der Waals surface area (Å²) >= 11 is 0. The van der Waals surface area contributed by atoms with Gasteiger partial charge in [0.05, 0.1) is 18.7 Å². The van der Waals surface area contributed by atoms with Crippen molar-refractivity contribution in [3.8, 4) is 0 Å². The van der Waals surface area contributed by atoms with E-state index in [9.17, 15) is 9.59 Å². The van der Waals surface area contributed by atoms with Crippen molar-refractivity contribution in [1.29, 1.82) is 0 Å². The normalized spacial score (nSPS) is 10.4. The van der Waals surface area contributed by atoms with Crippen LogP contribution in [-0.2, 0) is 11.3 Å². The molecule has 110 valence electrons. The summed E-state index contributed by atoms with van der Waals surface area (Å²) in [6.07, 6.45) is 0. The van der Waals surface area contributed by atoms with Crippen molar-refractivity contribution in [1.82, 2.24) is 4.57 Å². The van der Waals surface area contributed by atoms with Gasteiger partial charge in [-0.05, 0) is 31.9 Å². The van der Waals surface area contributed by atoms with Gasteiger partial charge in [-0.25, -0.2) is 4.79 Å². The molecule has 2 aromatic rings. The lowest BCUT2D eigenvalue weighted by Gasteiger charge is -2.15. The van der Waals surface area contributed by atoms with Crippen LogP contribution in [0.2, 0.25) is 0 Å². The van der Waals surface area contributed by atoms with Gasteiger partial charge in [0.25, 0.3) is 5.56 Å². The highest BCUT2D eigenvalue weighted by Crippen LogP contribution is 2.14. The van der Waals surface area contributed by atoms with Gasteiger partial charge in [0.2, 0.25) is 0 Å². The molecule has 21 heavy (non-hydrogen) atoms. The van der Waals surface area contributed by atoms with Crippen LogP contribution in [0.5, 0.6) is 0 Å². The summed E-state index contributed by atoms with van der Waals surface area (Å²) in [6.45, 7) is 6.06. The molecule has 4 nitrogen and oxygen atoms in total. The average molecular weight is 285 g/mol. The monoisotopic (exact) mass is 285 g/mol. The Morgan fingerprint density at radius 2 is 1.86 bits per heavy atom. The van der Waals surface area contributed by atoms with Crippen LogP contribution in [0.1, 0.15) is 34.1 Å². The molecule has 1 aromatic heterocycles. The number of carbonyl (C=O) groups excluding carboxylic acids is 1. The third-order valence-electron chi connectivity index (χ3n) is 3.43. The summed E-state index contributed by atoms with van der Waals surface area (Å²) in [4.78, 5) is 24.3. The molecule has 0 aliphatic heterocycles. The van der Waals surface area contributed by atoms with Crippen molar-refractivity contribution in [3.63, 3.8) is 0 Å². The van der Waals surface area contributed by atoms with Gasteiger partial charge in [-0.2, -0.15) is 0 Å². The van der Waals surface area contributed by atoms with Gasteiger partial charge in [0, 0.05) is 11.8 Å². The molecular formula is C17H19NO3. The number of rotatable bonds is 4. The summed E-state index contributed by atoms with van der Waals surface area (Å²) in [5.74, 6) is -0.380. The van der Waals surface area contributed by atoms with E-state index in [2.05, 4.69) is 0 Å². The SMILES string of the molecule is CCOC(=O)c1c(C)cc(=O)n(Cc2ccccc2)c1C. The summed E-state index contributed by atoms with van der Waals surface area (Å²) in [5, 5.41) is 0. The van der Waals surface area contributed by atoms with Crippen LogP contribution in [0.4, 0.5) is 0 Å². The molecule has 0 atom stereocenters. The fourth-order valence-electron chi connectivity index (χ4n) is 2.40. The summed E-state index contributed by atoms with van der Waals surface area (Å²) in [7, 11) is 0. The van der Waals surface area contributed by atoms with Crippen LogP contribution in [-0.4, -0.2) is 17.1 Å². The van der Waals surface area contributed by atoms with Crippen LogP contribution in [0.15, 0.2) is 41.2 Å². The molecule has 0 saturated heterocycles. The molecule has 0 unspecified atom stereocenters. The van der Waals surface area contributed by atoms with Crippen molar-refractivity contribution in [2.24, 2.45) is 0 Å². The quantitative estimate of drug-likeness (QED) is 0.811. The molecule has 2 rings (SSSR count). The van der Waals surface area contributed by atoms with Crippen LogP contribution >= 0.6 is 0 Å². The Morgan fingerprint density at radius 1 is 1.19 bits per heavy atom. The molecule has 4 heteroatoms. The van der Waals surface area contributed by atoms with Gasteiger partial charge < -0.3 is 9.30 Å². The zero-order valence-electron chi connectivity index (χ0n) is 12.6. The Bertz CT molecular complexity index is 702. The van der Waals surface area contributed by atoms with Crippen molar-refractivity contribution in [2.45, 2.75) is 27.3 Å². The summed E-state index contributed by atoms with van der Waals surface area (Å²) in [5.41, 5.74) is 2.68. The van der Waals surface area contributed by atoms with Crippen LogP contribution in [0.3, 0.4) is 0 Å². The lowest BCUT2D eigenvalue weighted by molar-refractivity contribution is 0.0523. The Morgan fingerprint density at radius 3 is 2.48 bits per heavy atom. The minimum atomic E-state index is -0.380. The van der Waals surface area contributed by atoms with E-state index in [1.54, 1.807) is 25.3 Å². The molecule has 0 saturated carbocycles. The average Bonchev–Trinajstić information content (AvgIpc) is 2.44. The van der Waals surface area contributed by atoms with E-state index < -0.39 is 0 Å². The van der Waals surface area contributed by atoms with Gasteiger partial charge in [-0.15, -0.1) is 0 Å². The number of nitrogens with zero attached hydrogens (tertiary/aromatic N) is 1. The number of hydrogen-bond acceptors (Lipinski definition) is 3. The zero-order valence-corrected chi connectivity index (χ0v) is 12.6. The molecule has 0 N–H and O–H groups in total. The Labute approximate surface area is 124 Å². The zero-order chi connectivity index (χ0) is 15.4. The summed E-state index contributed by atoms with van der Waals surface area (Å²) < 4.78 is 6.69.